The summed E-state index contributed by atoms with van der Waals surface area (Å²) >= 11 is 5.70. The molecule has 1 heterocycles. The Morgan fingerprint density at radius 1 is 1.28 bits per heavy atom. The molecule has 6 heteroatoms. The number of nitrogens with zero attached hydrogens (tertiary/aromatic N) is 1. The minimum absolute atomic E-state index is 0.275. The molecule has 2 aromatic rings. The molecule has 0 N–H and O–H groups in total. The second kappa shape index (κ2) is 8.14. The zero-order valence-electron chi connectivity index (χ0n) is 13.5. The van der Waals surface area contributed by atoms with Gasteiger partial charge in [0.05, 0.1) is 6.61 Å². The van der Waals surface area contributed by atoms with Crippen LogP contribution in [0.15, 0.2) is 57.6 Å². The number of benzene rings is 2. The number of ether oxygens (including phenoxy) is 2. The van der Waals surface area contributed by atoms with Crippen LogP contribution in [0, 0.1) is 3.57 Å². The average molecular weight is 512 g/mol. The molecule has 1 aliphatic rings. The van der Waals surface area contributed by atoms with Crippen molar-refractivity contribution in [1.29, 1.82) is 0 Å². The van der Waals surface area contributed by atoms with Crippen LogP contribution in [-0.2, 0) is 9.53 Å². The van der Waals surface area contributed by atoms with Crippen molar-refractivity contribution in [3.8, 4) is 5.75 Å². The molecule has 0 amide bonds. The van der Waals surface area contributed by atoms with Crippen molar-refractivity contribution < 1.29 is 14.3 Å². The van der Waals surface area contributed by atoms with Crippen molar-refractivity contribution >= 4 is 56.5 Å². The van der Waals surface area contributed by atoms with Crippen LogP contribution in [0.4, 0.5) is 0 Å². The van der Waals surface area contributed by atoms with Gasteiger partial charge in [-0.25, -0.2) is 9.79 Å². The quantitative estimate of drug-likeness (QED) is 0.315. The Bertz CT molecular complexity index is 877. The molecule has 1 aliphatic heterocycles. The number of carbonyl (C=O) groups excluding carboxylic acids is 1. The molecular formula is C19H15BrINO3. The Labute approximate surface area is 168 Å². The summed E-state index contributed by atoms with van der Waals surface area (Å²) in [5.74, 6) is 0.629. The molecule has 25 heavy (non-hydrogen) atoms. The maximum Gasteiger partial charge on any atom is 0.363 e. The van der Waals surface area contributed by atoms with E-state index in [0.717, 1.165) is 31.3 Å². The number of hydrogen-bond donors (Lipinski definition) is 0. The molecule has 0 aromatic heterocycles. The van der Waals surface area contributed by atoms with Crippen LogP contribution in [0.25, 0.3) is 6.08 Å². The molecule has 0 atom stereocenters. The van der Waals surface area contributed by atoms with Gasteiger partial charge >= 0.3 is 5.97 Å². The Kier molecular flexibility index (Phi) is 5.90. The van der Waals surface area contributed by atoms with E-state index in [9.17, 15) is 4.79 Å². The molecule has 3 rings (SSSR count). The highest BCUT2D eigenvalue weighted by Gasteiger charge is 2.24. The summed E-state index contributed by atoms with van der Waals surface area (Å²) in [6, 6.07) is 13.3. The lowest BCUT2D eigenvalue weighted by molar-refractivity contribution is -0.129. The van der Waals surface area contributed by atoms with Crippen molar-refractivity contribution in [2.24, 2.45) is 4.99 Å². The van der Waals surface area contributed by atoms with Crippen molar-refractivity contribution in [3.63, 3.8) is 0 Å². The lowest BCUT2D eigenvalue weighted by atomic mass is 10.2. The summed E-state index contributed by atoms with van der Waals surface area (Å²) in [6.45, 7) is 2.71. The maximum absolute atomic E-state index is 12.1. The fourth-order valence-electron chi connectivity index (χ4n) is 2.23. The topological polar surface area (TPSA) is 47.9 Å². The third kappa shape index (κ3) is 4.49. The average Bonchev–Trinajstić information content (AvgIpc) is 2.96. The number of carbonyl (C=O) groups is 1. The highest BCUT2D eigenvalue weighted by molar-refractivity contribution is 14.1. The van der Waals surface area contributed by atoms with Gasteiger partial charge < -0.3 is 9.47 Å². The predicted molar refractivity (Wildman–Crippen MR) is 110 cm³/mol. The highest BCUT2D eigenvalue weighted by Crippen LogP contribution is 2.25. The van der Waals surface area contributed by atoms with E-state index in [4.69, 9.17) is 9.47 Å². The normalized spacial score (nSPS) is 15.2. The molecule has 0 fully saturated rings. The highest BCUT2D eigenvalue weighted by atomic mass is 127. The Morgan fingerprint density at radius 3 is 2.88 bits per heavy atom. The second-order valence-corrected chi connectivity index (χ2v) is 7.40. The third-order valence-corrected chi connectivity index (χ3v) is 5.76. The van der Waals surface area contributed by atoms with Crippen LogP contribution < -0.4 is 4.74 Å². The summed E-state index contributed by atoms with van der Waals surface area (Å²) in [5.41, 5.74) is 1.87. The molecule has 0 aliphatic carbocycles. The summed E-state index contributed by atoms with van der Waals surface area (Å²) in [7, 11) is 0. The van der Waals surface area contributed by atoms with E-state index in [1.54, 1.807) is 6.08 Å². The third-order valence-electron chi connectivity index (χ3n) is 3.42. The molecule has 0 saturated heterocycles. The first-order chi connectivity index (χ1) is 12.1. The lowest BCUT2D eigenvalue weighted by Gasteiger charge is -2.04. The van der Waals surface area contributed by atoms with Crippen LogP contribution in [0.2, 0.25) is 0 Å². The van der Waals surface area contributed by atoms with Gasteiger partial charge in [0.2, 0.25) is 5.90 Å². The molecular weight excluding hydrogens is 497 g/mol. The van der Waals surface area contributed by atoms with E-state index < -0.39 is 5.97 Å². The monoisotopic (exact) mass is 511 g/mol. The van der Waals surface area contributed by atoms with Crippen LogP contribution in [0.5, 0.6) is 5.75 Å². The molecule has 128 valence electrons. The maximum atomic E-state index is 12.1. The minimum Gasteiger partial charge on any atom is -0.494 e. The molecule has 0 spiro atoms. The van der Waals surface area contributed by atoms with Crippen LogP contribution in [0.1, 0.15) is 24.5 Å². The first kappa shape index (κ1) is 18.1. The summed E-state index contributed by atoms with van der Waals surface area (Å²) in [5, 5.41) is 0. The SMILES string of the molecule is CCCOc1cccc(/C=C2\N=C(c3ccc(I)c(Br)c3)OC2=O)c1. The van der Waals surface area contributed by atoms with E-state index >= 15 is 0 Å². The number of hydrogen-bond acceptors (Lipinski definition) is 4. The summed E-state index contributed by atoms with van der Waals surface area (Å²) in [4.78, 5) is 16.5. The predicted octanol–water partition coefficient (Wildman–Crippen LogP) is 5.19. The van der Waals surface area contributed by atoms with Gasteiger partial charge in [0.25, 0.3) is 0 Å². The van der Waals surface area contributed by atoms with Crippen LogP contribution in [0.3, 0.4) is 0 Å². The zero-order valence-corrected chi connectivity index (χ0v) is 17.2. The van der Waals surface area contributed by atoms with E-state index in [1.165, 1.54) is 0 Å². The fourth-order valence-corrected chi connectivity index (χ4v) is 2.95. The largest absolute Gasteiger partial charge is 0.494 e. The molecule has 0 radical (unpaired) electrons. The lowest BCUT2D eigenvalue weighted by Crippen LogP contribution is -2.05. The van der Waals surface area contributed by atoms with Gasteiger partial charge in [-0.1, -0.05) is 19.1 Å². The smallest absolute Gasteiger partial charge is 0.363 e. The molecule has 0 unspecified atom stereocenters. The fraction of sp³-hybridized carbons (Fsp3) is 0.158. The summed E-state index contributed by atoms with van der Waals surface area (Å²) < 4.78 is 12.9. The molecule has 2 aromatic carbocycles. The summed E-state index contributed by atoms with van der Waals surface area (Å²) in [6.07, 6.45) is 2.65. The number of halogens is 2. The molecule has 0 saturated carbocycles. The van der Waals surface area contributed by atoms with Gasteiger partial charge in [-0.15, -0.1) is 0 Å². The van der Waals surface area contributed by atoms with Gasteiger partial charge in [0.1, 0.15) is 5.75 Å². The molecule has 0 bridgehead atoms. The van der Waals surface area contributed by atoms with Crippen molar-refractivity contribution in [2.45, 2.75) is 13.3 Å². The standard InChI is InChI=1S/C19H15BrINO3/c1-2-8-24-14-5-3-4-12(9-14)10-17-19(23)25-18(22-17)13-6-7-16(21)15(20)11-13/h3-7,9-11H,2,8H2,1H3/b17-10-. The number of rotatable bonds is 5. The zero-order chi connectivity index (χ0) is 17.8. The van der Waals surface area contributed by atoms with E-state index in [2.05, 4.69) is 50.4 Å². The first-order valence-electron chi connectivity index (χ1n) is 7.77. The van der Waals surface area contributed by atoms with Gasteiger partial charge in [-0.2, -0.15) is 0 Å². The van der Waals surface area contributed by atoms with Crippen molar-refractivity contribution in [1.82, 2.24) is 0 Å². The van der Waals surface area contributed by atoms with E-state index in [1.807, 2.05) is 42.5 Å². The minimum atomic E-state index is -0.454. The second-order valence-electron chi connectivity index (χ2n) is 5.39. The van der Waals surface area contributed by atoms with Crippen LogP contribution >= 0.6 is 38.5 Å². The van der Waals surface area contributed by atoms with Gasteiger partial charge in [-0.05, 0) is 86.9 Å². The number of cyclic esters (lactones) is 1. The van der Waals surface area contributed by atoms with E-state index in [-0.39, 0.29) is 5.70 Å². The Hall–Kier alpha value is -1.67. The van der Waals surface area contributed by atoms with Crippen LogP contribution in [-0.4, -0.2) is 18.5 Å². The van der Waals surface area contributed by atoms with Gasteiger partial charge in [0, 0.05) is 13.6 Å². The Morgan fingerprint density at radius 2 is 2.12 bits per heavy atom. The first-order valence-corrected chi connectivity index (χ1v) is 9.65. The van der Waals surface area contributed by atoms with E-state index in [0.29, 0.717) is 12.5 Å². The van der Waals surface area contributed by atoms with Crippen molar-refractivity contribution in [2.75, 3.05) is 6.61 Å². The van der Waals surface area contributed by atoms with Gasteiger partial charge in [-0.3, -0.25) is 0 Å². The van der Waals surface area contributed by atoms with Gasteiger partial charge in [0.15, 0.2) is 5.70 Å². The number of aliphatic imine (C=N–C) groups is 1. The van der Waals surface area contributed by atoms with Crippen molar-refractivity contribution in [3.05, 3.63) is 67.3 Å². The number of esters is 1. The molecule has 4 nitrogen and oxygen atoms in total. The Balaban J connectivity index is 1.86.